The van der Waals surface area contributed by atoms with E-state index in [2.05, 4.69) is 10.2 Å². The Balaban J connectivity index is 1.54. The molecule has 0 spiro atoms. The van der Waals surface area contributed by atoms with Crippen molar-refractivity contribution in [2.24, 2.45) is 5.92 Å². The van der Waals surface area contributed by atoms with Crippen LogP contribution in [0.2, 0.25) is 0 Å². The molecule has 43 heavy (non-hydrogen) atoms. The number of aliphatic carboxylic acids is 1. The highest BCUT2D eigenvalue weighted by Crippen LogP contribution is 2.31. The van der Waals surface area contributed by atoms with Crippen LogP contribution in [0.1, 0.15) is 66.4 Å². The van der Waals surface area contributed by atoms with Crippen LogP contribution >= 0.6 is 0 Å². The van der Waals surface area contributed by atoms with Crippen molar-refractivity contribution in [3.8, 4) is 11.1 Å². The normalized spacial score (nSPS) is 20.6. The summed E-state index contributed by atoms with van der Waals surface area (Å²) in [4.78, 5) is 27.7. The number of likely N-dealkylation sites (tertiary alicyclic amines) is 1. The summed E-state index contributed by atoms with van der Waals surface area (Å²) in [6.07, 6.45) is 8.29. The summed E-state index contributed by atoms with van der Waals surface area (Å²) in [7, 11) is -1.64. The van der Waals surface area contributed by atoms with Crippen LogP contribution in [0.4, 0.5) is 0 Å². The molecule has 0 unspecified atom stereocenters. The Morgan fingerprint density at radius 1 is 1.07 bits per heavy atom. The van der Waals surface area contributed by atoms with Crippen molar-refractivity contribution in [2.45, 2.75) is 76.6 Å². The number of nitrogens with one attached hydrogen (secondary N) is 1. The molecule has 236 valence electrons. The maximum Gasteiger partial charge on any atom is 0.326 e. The number of benzene rings is 2. The van der Waals surface area contributed by atoms with Crippen LogP contribution in [-0.4, -0.2) is 87.4 Å². The first-order chi connectivity index (χ1) is 20.5. The smallest absolute Gasteiger partial charge is 0.326 e. The van der Waals surface area contributed by atoms with Gasteiger partial charge < -0.3 is 19.9 Å². The second kappa shape index (κ2) is 15.3. The van der Waals surface area contributed by atoms with E-state index in [-0.39, 0.29) is 24.3 Å². The Morgan fingerprint density at radius 2 is 1.81 bits per heavy atom. The molecule has 1 saturated heterocycles. The predicted octanol–water partition coefficient (Wildman–Crippen LogP) is 4.47. The topological polar surface area (TPSA) is 122 Å². The molecule has 0 aromatic heterocycles. The molecule has 1 amide bonds. The highest BCUT2D eigenvalue weighted by Gasteiger charge is 2.33. The maximum absolute atomic E-state index is 13.5. The zero-order chi connectivity index (χ0) is 31.0. The first-order valence-corrected chi connectivity index (χ1v) is 17.3. The molecule has 4 rings (SSSR count). The van der Waals surface area contributed by atoms with Gasteiger partial charge in [0.2, 0.25) is 0 Å². The number of hydrogen-bond acceptors (Lipinski definition) is 7. The van der Waals surface area contributed by atoms with Gasteiger partial charge in [-0.05, 0) is 72.9 Å². The lowest BCUT2D eigenvalue weighted by atomic mass is 9.90. The summed E-state index contributed by atoms with van der Waals surface area (Å²) >= 11 is 0. The van der Waals surface area contributed by atoms with Crippen molar-refractivity contribution in [1.29, 1.82) is 0 Å². The van der Waals surface area contributed by atoms with Crippen LogP contribution in [-0.2, 0) is 30.7 Å². The van der Waals surface area contributed by atoms with E-state index < -0.39 is 27.8 Å². The van der Waals surface area contributed by atoms with Crippen molar-refractivity contribution in [3.05, 3.63) is 59.2 Å². The van der Waals surface area contributed by atoms with E-state index in [9.17, 15) is 23.1 Å². The number of carboxylic acid groups (broad SMARTS) is 1. The number of rotatable bonds is 14. The predicted molar refractivity (Wildman–Crippen MR) is 167 cm³/mol. The zero-order valence-electron chi connectivity index (χ0n) is 25.6. The van der Waals surface area contributed by atoms with Crippen molar-refractivity contribution in [3.63, 3.8) is 0 Å². The van der Waals surface area contributed by atoms with Gasteiger partial charge >= 0.3 is 5.97 Å². The Kier molecular flexibility index (Phi) is 11.8. The highest BCUT2D eigenvalue weighted by atomic mass is 32.2. The monoisotopic (exact) mass is 614 g/mol. The Labute approximate surface area is 255 Å². The van der Waals surface area contributed by atoms with Gasteiger partial charge in [0, 0.05) is 44.7 Å². The highest BCUT2D eigenvalue weighted by molar-refractivity contribution is 7.90. The van der Waals surface area contributed by atoms with E-state index in [1.165, 1.54) is 32.1 Å². The van der Waals surface area contributed by atoms with E-state index in [4.69, 9.17) is 9.47 Å². The first kappa shape index (κ1) is 33.1. The molecule has 2 fully saturated rings. The Morgan fingerprint density at radius 3 is 2.49 bits per heavy atom. The van der Waals surface area contributed by atoms with Crippen LogP contribution in [0.25, 0.3) is 11.1 Å². The van der Waals surface area contributed by atoms with Gasteiger partial charge in [0.05, 0.1) is 18.5 Å². The molecule has 2 N–H and O–H groups in total. The Bertz CT molecular complexity index is 1360. The van der Waals surface area contributed by atoms with Crippen LogP contribution in [0, 0.1) is 12.8 Å². The molecule has 2 aromatic rings. The summed E-state index contributed by atoms with van der Waals surface area (Å²) in [6.45, 7) is 4.89. The average molecular weight is 615 g/mol. The molecule has 1 saturated carbocycles. The molecule has 1 aliphatic heterocycles. The second-order valence-corrected chi connectivity index (χ2v) is 14.5. The molecule has 10 heteroatoms. The standard InChI is InChI=1S/C33H46N2O7S/c1-23-9-7-8-12-28(23)30-17-25(13-14-29(30)32(36)34-31(33(37)38)15-16-43(3,39)40)19-35-20-27(41-2)18-26(35)22-42-21-24-10-5-4-6-11-24/h7-9,12-14,17,24,26-27,31H,4-6,10-11,15-16,18-22H2,1-3H3,(H,34,36)(H,37,38)/t26-,27-,31-/m0/s1. The van der Waals surface area contributed by atoms with Gasteiger partial charge in [-0.2, -0.15) is 0 Å². The maximum atomic E-state index is 13.5. The Hall–Kier alpha value is -2.79. The van der Waals surface area contributed by atoms with Gasteiger partial charge in [0.1, 0.15) is 15.9 Å². The third-order valence-corrected chi connectivity index (χ3v) is 9.72. The molecule has 0 radical (unpaired) electrons. The van der Waals surface area contributed by atoms with E-state index >= 15 is 0 Å². The minimum absolute atomic E-state index is 0.129. The van der Waals surface area contributed by atoms with Crippen LogP contribution in [0.5, 0.6) is 0 Å². The van der Waals surface area contributed by atoms with Gasteiger partial charge in [-0.1, -0.05) is 49.6 Å². The molecule has 0 bridgehead atoms. The van der Waals surface area contributed by atoms with Gasteiger partial charge in [-0.15, -0.1) is 0 Å². The molecule has 1 heterocycles. The fraction of sp³-hybridized carbons (Fsp3) is 0.576. The zero-order valence-corrected chi connectivity index (χ0v) is 26.4. The second-order valence-electron chi connectivity index (χ2n) is 12.2. The van der Waals surface area contributed by atoms with E-state index in [1.54, 1.807) is 13.2 Å². The van der Waals surface area contributed by atoms with Crippen LogP contribution in [0.15, 0.2) is 42.5 Å². The molecule has 2 aliphatic rings. The van der Waals surface area contributed by atoms with E-state index in [0.717, 1.165) is 42.5 Å². The van der Waals surface area contributed by atoms with Gasteiger partial charge in [0.15, 0.2) is 0 Å². The van der Waals surface area contributed by atoms with Crippen molar-refractivity contribution < 1.29 is 32.6 Å². The lowest BCUT2D eigenvalue weighted by Gasteiger charge is -2.26. The molecule has 2 aromatic carbocycles. The first-order valence-electron chi connectivity index (χ1n) is 15.3. The summed E-state index contributed by atoms with van der Waals surface area (Å²) in [6, 6.07) is 12.3. The molecule has 9 nitrogen and oxygen atoms in total. The lowest BCUT2D eigenvalue weighted by Crippen LogP contribution is -2.42. The quantitative estimate of drug-likeness (QED) is 0.320. The number of carbonyl (C=O) groups excluding carboxylic acids is 1. The van der Waals surface area contributed by atoms with Crippen LogP contribution in [0.3, 0.4) is 0 Å². The number of methoxy groups -OCH3 is 1. The minimum Gasteiger partial charge on any atom is -0.480 e. The van der Waals surface area contributed by atoms with Crippen molar-refractivity contribution in [1.82, 2.24) is 10.2 Å². The van der Waals surface area contributed by atoms with Gasteiger partial charge in [-0.25, -0.2) is 13.2 Å². The van der Waals surface area contributed by atoms with Crippen molar-refractivity contribution in [2.75, 3.05) is 38.9 Å². The van der Waals surface area contributed by atoms with Gasteiger partial charge in [-0.3, -0.25) is 9.69 Å². The number of sulfone groups is 1. The number of carboxylic acids is 1. The molecule has 3 atom stereocenters. The third-order valence-electron chi connectivity index (χ3n) is 8.74. The summed E-state index contributed by atoms with van der Waals surface area (Å²) < 4.78 is 35.2. The van der Waals surface area contributed by atoms with Gasteiger partial charge in [0.25, 0.3) is 5.91 Å². The number of amides is 1. The molecule has 1 aliphatic carbocycles. The average Bonchev–Trinajstić information content (AvgIpc) is 3.36. The summed E-state index contributed by atoms with van der Waals surface area (Å²) in [5.74, 6) is -1.51. The molecular weight excluding hydrogens is 568 g/mol. The van der Waals surface area contributed by atoms with E-state index in [0.29, 0.717) is 30.2 Å². The number of ether oxygens (including phenoxy) is 2. The third kappa shape index (κ3) is 9.60. The SMILES string of the molecule is CO[C@H]1C[C@@H](COCC2CCCCC2)N(Cc2ccc(C(=O)N[C@@H](CCS(C)(=O)=O)C(=O)O)c(-c3ccccc3C)c2)C1. The number of hydrogen-bond donors (Lipinski definition) is 2. The lowest BCUT2D eigenvalue weighted by molar-refractivity contribution is -0.139. The summed E-state index contributed by atoms with van der Waals surface area (Å²) in [5, 5.41) is 12.2. The molecular formula is C33H46N2O7S. The van der Waals surface area contributed by atoms with Crippen molar-refractivity contribution >= 4 is 21.7 Å². The number of carbonyl (C=O) groups is 2. The van der Waals surface area contributed by atoms with Crippen LogP contribution < -0.4 is 5.32 Å². The fourth-order valence-electron chi connectivity index (χ4n) is 6.25. The fourth-order valence-corrected chi connectivity index (χ4v) is 6.91. The number of aryl methyl sites for hydroxylation is 1. The van der Waals surface area contributed by atoms with E-state index in [1.807, 2.05) is 43.3 Å². The largest absolute Gasteiger partial charge is 0.480 e. The minimum atomic E-state index is -3.39. The summed E-state index contributed by atoms with van der Waals surface area (Å²) in [5.41, 5.74) is 3.92. The number of nitrogens with zero attached hydrogens (tertiary/aromatic N) is 1.